The van der Waals surface area contributed by atoms with Crippen molar-refractivity contribution in [3.05, 3.63) is 58.9 Å². The van der Waals surface area contributed by atoms with Crippen LogP contribution in [0.4, 0.5) is 10.1 Å². The van der Waals surface area contributed by atoms with Crippen molar-refractivity contribution >= 4 is 29.1 Å². The minimum Gasteiger partial charge on any atom is -0.482 e. The SMILES string of the molecule is CCC(=O)Nc1cc(Cl)ccc1OCC(=O)N1C[C@@H](C)N(Cc2ccc(F)cc2)C[C@@H]1C. The highest BCUT2D eigenvalue weighted by Crippen LogP contribution is 2.28. The van der Waals surface area contributed by atoms with Crippen molar-refractivity contribution in [2.24, 2.45) is 0 Å². The van der Waals surface area contributed by atoms with Gasteiger partial charge in [-0.3, -0.25) is 14.5 Å². The summed E-state index contributed by atoms with van der Waals surface area (Å²) in [7, 11) is 0. The van der Waals surface area contributed by atoms with Crippen molar-refractivity contribution in [2.45, 2.75) is 45.8 Å². The molecule has 2 atom stereocenters. The molecule has 0 unspecified atom stereocenters. The quantitative estimate of drug-likeness (QED) is 0.666. The number of rotatable bonds is 7. The molecule has 1 N–H and O–H groups in total. The molecular weight excluding hydrogens is 433 g/mol. The largest absolute Gasteiger partial charge is 0.482 e. The molecule has 1 aliphatic heterocycles. The summed E-state index contributed by atoms with van der Waals surface area (Å²) in [5.74, 6) is -0.124. The van der Waals surface area contributed by atoms with Crippen LogP contribution in [0.3, 0.4) is 0 Å². The van der Waals surface area contributed by atoms with Gasteiger partial charge >= 0.3 is 0 Å². The first-order valence-electron chi connectivity index (χ1n) is 10.8. The lowest BCUT2D eigenvalue weighted by Crippen LogP contribution is -2.58. The summed E-state index contributed by atoms with van der Waals surface area (Å²) >= 11 is 6.04. The molecule has 6 nitrogen and oxygen atoms in total. The molecule has 2 amide bonds. The van der Waals surface area contributed by atoms with Crippen LogP contribution in [-0.4, -0.2) is 53.4 Å². The Bertz CT molecular complexity index is 954. The predicted molar refractivity (Wildman–Crippen MR) is 123 cm³/mol. The zero-order valence-electron chi connectivity index (χ0n) is 18.6. The molecule has 32 heavy (non-hydrogen) atoms. The van der Waals surface area contributed by atoms with Gasteiger partial charge in [-0.2, -0.15) is 0 Å². The molecule has 1 heterocycles. The van der Waals surface area contributed by atoms with E-state index in [1.807, 2.05) is 11.8 Å². The van der Waals surface area contributed by atoms with Crippen LogP contribution in [0.15, 0.2) is 42.5 Å². The molecule has 8 heteroatoms. The van der Waals surface area contributed by atoms with E-state index in [1.54, 1.807) is 37.3 Å². The molecule has 172 valence electrons. The minimum atomic E-state index is -0.247. The molecule has 0 aliphatic carbocycles. The number of amides is 2. The van der Waals surface area contributed by atoms with E-state index >= 15 is 0 Å². The molecule has 2 aromatic rings. The number of hydrogen-bond acceptors (Lipinski definition) is 4. The summed E-state index contributed by atoms with van der Waals surface area (Å²) in [6, 6.07) is 11.6. The third-order valence-electron chi connectivity index (χ3n) is 5.62. The summed E-state index contributed by atoms with van der Waals surface area (Å²) in [6.07, 6.45) is 0.322. The summed E-state index contributed by atoms with van der Waals surface area (Å²) in [5, 5.41) is 3.22. The Balaban J connectivity index is 1.59. The van der Waals surface area contributed by atoms with Gasteiger partial charge in [0.15, 0.2) is 6.61 Å². The molecule has 0 bridgehead atoms. The number of benzene rings is 2. The summed E-state index contributed by atoms with van der Waals surface area (Å²) in [5.41, 5.74) is 1.49. The van der Waals surface area contributed by atoms with Gasteiger partial charge in [-0.25, -0.2) is 4.39 Å². The van der Waals surface area contributed by atoms with Gasteiger partial charge in [-0.15, -0.1) is 0 Å². The fourth-order valence-corrected chi connectivity index (χ4v) is 3.95. The Kier molecular flexibility index (Phi) is 8.10. The number of piperazine rings is 1. The maximum absolute atomic E-state index is 13.2. The first-order valence-corrected chi connectivity index (χ1v) is 11.1. The number of carbonyl (C=O) groups is 2. The summed E-state index contributed by atoms with van der Waals surface area (Å²) in [6.45, 7) is 7.70. The van der Waals surface area contributed by atoms with Crippen molar-refractivity contribution in [1.29, 1.82) is 0 Å². The van der Waals surface area contributed by atoms with Gasteiger partial charge < -0.3 is 15.0 Å². The number of anilines is 1. The summed E-state index contributed by atoms with van der Waals surface area (Å²) < 4.78 is 18.9. The van der Waals surface area contributed by atoms with E-state index in [2.05, 4.69) is 17.1 Å². The van der Waals surface area contributed by atoms with Gasteiger partial charge in [0.05, 0.1) is 5.69 Å². The second kappa shape index (κ2) is 10.8. The number of nitrogens with one attached hydrogen (secondary N) is 1. The Labute approximate surface area is 193 Å². The fraction of sp³-hybridized carbons (Fsp3) is 0.417. The van der Waals surface area contributed by atoms with Crippen LogP contribution >= 0.6 is 11.6 Å². The first kappa shape index (κ1) is 24.0. The van der Waals surface area contributed by atoms with Crippen LogP contribution in [0.25, 0.3) is 0 Å². The highest BCUT2D eigenvalue weighted by atomic mass is 35.5. The van der Waals surface area contributed by atoms with E-state index in [0.29, 0.717) is 42.5 Å². The minimum absolute atomic E-state index is 0.00670. The smallest absolute Gasteiger partial charge is 0.260 e. The molecule has 0 aromatic heterocycles. The predicted octanol–water partition coefficient (Wildman–Crippen LogP) is 4.33. The Morgan fingerprint density at radius 2 is 1.84 bits per heavy atom. The molecule has 0 saturated carbocycles. The van der Waals surface area contributed by atoms with Crippen LogP contribution in [0.2, 0.25) is 5.02 Å². The molecule has 3 rings (SSSR count). The van der Waals surface area contributed by atoms with Gasteiger partial charge in [0, 0.05) is 43.2 Å². The zero-order valence-corrected chi connectivity index (χ0v) is 19.4. The van der Waals surface area contributed by atoms with Gasteiger partial charge in [-0.1, -0.05) is 30.7 Å². The number of carbonyl (C=O) groups excluding carboxylic acids is 2. The van der Waals surface area contributed by atoms with Crippen molar-refractivity contribution < 1.29 is 18.7 Å². The Morgan fingerprint density at radius 1 is 1.12 bits per heavy atom. The van der Waals surface area contributed by atoms with Crippen molar-refractivity contribution in [3.8, 4) is 5.75 Å². The number of halogens is 2. The first-order chi connectivity index (χ1) is 15.3. The molecule has 0 radical (unpaired) electrons. The normalized spacial score (nSPS) is 19.0. The standard InChI is InChI=1S/C24H29ClFN3O3/c1-4-23(30)27-21-11-19(25)7-10-22(21)32-15-24(31)29-13-16(2)28(12-17(29)3)14-18-5-8-20(26)9-6-18/h5-11,16-17H,4,12-15H2,1-3H3,(H,27,30)/t16-,17+/m1/s1. The Morgan fingerprint density at radius 3 is 2.53 bits per heavy atom. The maximum atomic E-state index is 13.2. The number of hydrogen-bond donors (Lipinski definition) is 1. The van der Waals surface area contributed by atoms with E-state index in [9.17, 15) is 14.0 Å². The number of nitrogens with zero attached hydrogens (tertiary/aromatic N) is 2. The van der Waals surface area contributed by atoms with Crippen LogP contribution in [-0.2, 0) is 16.1 Å². The van der Waals surface area contributed by atoms with E-state index in [4.69, 9.17) is 16.3 Å². The molecule has 1 fully saturated rings. The lowest BCUT2D eigenvalue weighted by Gasteiger charge is -2.44. The van der Waals surface area contributed by atoms with Crippen LogP contribution in [0.1, 0.15) is 32.8 Å². The lowest BCUT2D eigenvalue weighted by atomic mass is 10.1. The molecule has 2 aromatic carbocycles. The van der Waals surface area contributed by atoms with Crippen LogP contribution < -0.4 is 10.1 Å². The van der Waals surface area contributed by atoms with E-state index in [0.717, 1.165) is 5.56 Å². The van der Waals surface area contributed by atoms with Gasteiger partial charge in [0.2, 0.25) is 5.91 Å². The fourth-order valence-electron chi connectivity index (χ4n) is 3.78. The zero-order chi connectivity index (χ0) is 23.3. The highest BCUT2D eigenvalue weighted by Gasteiger charge is 2.32. The third-order valence-corrected chi connectivity index (χ3v) is 5.86. The van der Waals surface area contributed by atoms with Crippen molar-refractivity contribution in [1.82, 2.24) is 9.80 Å². The maximum Gasteiger partial charge on any atom is 0.260 e. The van der Waals surface area contributed by atoms with E-state index < -0.39 is 0 Å². The monoisotopic (exact) mass is 461 g/mol. The highest BCUT2D eigenvalue weighted by molar-refractivity contribution is 6.31. The van der Waals surface area contributed by atoms with Crippen molar-refractivity contribution in [2.75, 3.05) is 25.0 Å². The second-order valence-electron chi connectivity index (χ2n) is 8.13. The van der Waals surface area contributed by atoms with Gasteiger partial charge in [0.25, 0.3) is 5.91 Å². The second-order valence-corrected chi connectivity index (χ2v) is 8.57. The van der Waals surface area contributed by atoms with Gasteiger partial charge in [0.1, 0.15) is 11.6 Å². The average molecular weight is 462 g/mol. The molecule has 0 spiro atoms. The van der Waals surface area contributed by atoms with Gasteiger partial charge in [-0.05, 0) is 49.7 Å². The van der Waals surface area contributed by atoms with E-state index in [1.165, 1.54) is 12.1 Å². The Hall–Kier alpha value is -2.64. The van der Waals surface area contributed by atoms with Crippen LogP contribution in [0, 0.1) is 5.82 Å². The topological polar surface area (TPSA) is 61.9 Å². The number of ether oxygens (including phenoxy) is 1. The van der Waals surface area contributed by atoms with Crippen LogP contribution in [0.5, 0.6) is 5.75 Å². The third kappa shape index (κ3) is 6.20. The lowest BCUT2D eigenvalue weighted by molar-refractivity contribution is -0.139. The molecule has 1 saturated heterocycles. The summed E-state index contributed by atoms with van der Waals surface area (Å²) in [4.78, 5) is 28.8. The molecular formula is C24H29ClFN3O3. The van der Waals surface area contributed by atoms with Crippen molar-refractivity contribution in [3.63, 3.8) is 0 Å². The van der Waals surface area contributed by atoms with E-state index in [-0.39, 0.29) is 36.3 Å². The molecule has 1 aliphatic rings. The average Bonchev–Trinajstić information content (AvgIpc) is 2.76.